The van der Waals surface area contributed by atoms with Gasteiger partial charge in [-0.2, -0.15) is 10.2 Å². The Balaban J connectivity index is 1.38. The highest BCUT2D eigenvalue weighted by atomic mass is 16.5. The van der Waals surface area contributed by atoms with Crippen LogP contribution in [0.25, 0.3) is 50.1 Å². The first kappa shape index (κ1) is 41.5. The number of carbonyl (C=O) groups is 1. The molecule has 0 aliphatic rings. The Morgan fingerprint density at radius 1 is 0.883 bits per heavy atom. The molecule has 0 unspecified atom stereocenters. The maximum atomic E-state index is 12.3. The number of aldehydes is 1. The number of nitrogens with two attached hydrogens (primary N) is 1. The summed E-state index contributed by atoms with van der Waals surface area (Å²) >= 11 is 0. The van der Waals surface area contributed by atoms with Gasteiger partial charge in [-0.05, 0) is 81.6 Å². The van der Waals surface area contributed by atoms with E-state index >= 15 is 0 Å². The number of hydrogen-bond donors (Lipinski definition) is 1. The van der Waals surface area contributed by atoms with Crippen molar-refractivity contribution in [3.05, 3.63) is 101 Å². The normalized spacial score (nSPS) is 12.2. The second-order valence-corrected chi connectivity index (χ2v) is 14.7. The first-order valence-corrected chi connectivity index (χ1v) is 20.4. The molecule has 310 valence electrons. The molecule has 5 heterocycles. The Bertz CT molecular complexity index is 2810. The lowest BCUT2D eigenvalue weighted by Gasteiger charge is -2.12. The Kier molecular flexibility index (Phi) is 12.5. The standard InChI is InChI=1S/C46H53N11O3/c1-9-33-23-34(31(6)47)24-37-39-27-49-44(40-20-30(5)53-57(40)11-3)51-46(39)54(42(33)37)15-12-13-16-55-43-36(21-32(28-58)22-41(43)60-18-14-17-59-8)38(26-48-7)45(55)50-25-35-19-29(4)52-56(35)10-2/h12-13,19-28H,6,9-11,14-18,47H2,1-5,7-8H3/b13-12+,48-26?,50-25?. The third-order valence-electron chi connectivity index (χ3n) is 10.5. The number of nitrogens with zero attached hydrogens (tertiary/aromatic N) is 10. The molecule has 0 aliphatic carbocycles. The molecule has 7 rings (SSSR count). The van der Waals surface area contributed by atoms with Crippen LogP contribution in [0.15, 0.2) is 71.3 Å². The molecule has 0 amide bonds. The van der Waals surface area contributed by atoms with E-state index in [1.807, 2.05) is 53.8 Å². The summed E-state index contributed by atoms with van der Waals surface area (Å²) in [6.45, 7) is 17.6. The van der Waals surface area contributed by atoms with Gasteiger partial charge in [-0.15, -0.1) is 0 Å². The summed E-state index contributed by atoms with van der Waals surface area (Å²) in [4.78, 5) is 31.9. The minimum absolute atomic E-state index is 0.409. The van der Waals surface area contributed by atoms with Crippen molar-refractivity contribution in [2.75, 3.05) is 27.4 Å². The fraction of sp³-hybridized carbons (Fsp3) is 0.326. The monoisotopic (exact) mass is 807 g/mol. The van der Waals surface area contributed by atoms with Crippen molar-refractivity contribution in [2.24, 2.45) is 15.7 Å². The van der Waals surface area contributed by atoms with Crippen LogP contribution >= 0.6 is 0 Å². The molecule has 0 aliphatic heterocycles. The Labute approximate surface area is 349 Å². The molecule has 14 nitrogen and oxygen atoms in total. The summed E-state index contributed by atoms with van der Waals surface area (Å²) in [7, 11) is 3.40. The van der Waals surface area contributed by atoms with Crippen molar-refractivity contribution >= 4 is 63.1 Å². The molecule has 14 heteroatoms. The number of methoxy groups -OCH3 is 1. The van der Waals surface area contributed by atoms with E-state index in [0.29, 0.717) is 74.5 Å². The predicted molar refractivity (Wildman–Crippen MR) is 241 cm³/mol. The maximum absolute atomic E-state index is 12.3. The number of aromatic nitrogens is 8. The van der Waals surface area contributed by atoms with Crippen LogP contribution in [-0.2, 0) is 37.3 Å². The van der Waals surface area contributed by atoms with Gasteiger partial charge in [-0.3, -0.25) is 19.2 Å². The van der Waals surface area contributed by atoms with E-state index in [9.17, 15) is 4.79 Å². The lowest BCUT2D eigenvalue weighted by atomic mass is 10.0. The Morgan fingerprint density at radius 2 is 1.63 bits per heavy atom. The van der Waals surface area contributed by atoms with Crippen molar-refractivity contribution in [2.45, 2.75) is 73.6 Å². The molecule has 60 heavy (non-hydrogen) atoms. The fourth-order valence-corrected chi connectivity index (χ4v) is 7.85. The largest absolute Gasteiger partial charge is 0.491 e. The van der Waals surface area contributed by atoms with Crippen molar-refractivity contribution in [3.63, 3.8) is 0 Å². The molecule has 0 saturated heterocycles. The molecule has 0 bridgehead atoms. The van der Waals surface area contributed by atoms with Crippen LogP contribution in [-0.4, -0.2) is 84.7 Å². The van der Waals surface area contributed by atoms with Crippen molar-refractivity contribution < 1.29 is 14.3 Å². The van der Waals surface area contributed by atoms with Crippen molar-refractivity contribution in [1.82, 2.24) is 38.7 Å². The third-order valence-corrected chi connectivity index (χ3v) is 10.5. The van der Waals surface area contributed by atoms with Gasteiger partial charge in [0.2, 0.25) is 0 Å². The molecular formula is C46H53N11O3. The number of benzene rings is 2. The highest BCUT2D eigenvalue weighted by Gasteiger charge is 2.22. The molecule has 0 atom stereocenters. The number of ether oxygens (including phenoxy) is 2. The summed E-state index contributed by atoms with van der Waals surface area (Å²) in [6, 6.07) is 11.9. The molecule has 0 fully saturated rings. The number of aliphatic imine (C=N–C) groups is 2. The van der Waals surface area contributed by atoms with E-state index in [-0.39, 0.29) is 0 Å². The highest BCUT2D eigenvalue weighted by molar-refractivity contribution is 6.10. The van der Waals surface area contributed by atoms with Crippen LogP contribution in [0.5, 0.6) is 5.75 Å². The van der Waals surface area contributed by atoms with E-state index in [1.54, 1.807) is 26.4 Å². The SMILES string of the molecule is C=C(N)c1cc(CC)c2c(c1)c1cnc(-c3cc(C)nn3CC)nc1n2C/C=C/Cn1c(N=Cc2cc(C)nn2CC)c(C=NC)c2cc(C=O)cc(OCCCOC)c21. The number of fused-ring (bicyclic) bond motifs is 4. The lowest BCUT2D eigenvalue weighted by molar-refractivity contribution is 0.112. The molecule has 2 N–H and O–H groups in total. The zero-order valence-corrected chi connectivity index (χ0v) is 35.6. The lowest BCUT2D eigenvalue weighted by Crippen LogP contribution is -2.05. The second kappa shape index (κ2) is 18.1. The summed E-state index contributed by atoms with van der Waals surface area (Å²) in [5.41, 5.74) is 16.3. The van der Waals surface area contributed by atoms with Crippen LogP contribution in [0, 0.1) is 13.8 Å². The van der Waals surface area contributed by atoms with Gasteiger partial charge < -0.3 is 24.3 Å². The van der Waals surface area contributed by atoms with Gasteiger partial charge >= 0.3 is 0 Å². The number of hydrogen-bond acceptors (Lipinski definition) is 10. The fourth-order valence-electron chi connectivity index (χ4n) is 7.85. The van der Waals surface area contributed by atoms with Gasteiger partial charge in [0.05, 0.1) is 40.9 Å². The van der Waals surface area contributed by atoms with Crippen LogP contribution < -0.4 is 10.5 Å². The average Bonchev–Trinajstić information content (AvgIpc) is 3.99. The number of rotatable bonds is 18. The Hall–Kier alpha value is -6.67. The second-order valence-electron chi connectivity index (χ2n) is 14.7. The minimum Gasteiger partial charge on any atom is -0.491 e. The van der Waals surface area contributed by atoms with E-state index < -0.39 is 0 Å². The quantitative estimate of drug-likeness (QED) is 0.0395. The topological polar surface area (TPSA) is 158 Å². The van der Waals surface area contributed by atoms with Crippen molar-refractivity contribution in [3.8, 4) is 17.3 Å². The first-order chi connectivity index (χ1) is 29.1. The van der Waals surface area contributed by atoms with E-state index in [4.69, 9.17) is 30.2 Å². The van der Waals surface area contributed by atoms with Crippen LogP contribution in [0.1, 0.15) is 71.3 Å². The van der Waals surface area contributed by atoms with Gasteiger partial charge in [0, 0.05) is 98.8 Å². The molecule has 0 spiro atoms. The molecule has 0 radical (unpaired) electrons. The number of allylic oxidation sites excluding steroid dienone is 2. The van der Waals surface area contributed by atoms with Crippen molar-refractivity contribution in [1.29, 1.82) is 0 Å². The molecule has 7 aromatic rings. The zero-order chi connectivity index (χ0) is 42.5. The van der Waals surface area contributed by atoms with Gasteiger partial charge in [0.1, 0.15) is 29.2 Å². The van der Waals surface area contributed by atoms with Gasteiger partial charge in [-0.25, -0.2) is 15.0 Å². The average molecular weight is 808 g/mol. The predicted octanol–water partition coefficient (Wildman–Crippen LogP) is 8.03. The van der Waals surface area contributed by atoms with Gasteiger partial charge in [-0.1, -0.05) is 25.7 Å². The maximum Gasteiger partial charge on any atom is 0.179 e. The van der Waals surface area contributed by atoms with Crippen LogP contribution in [0.2, 0.25) is 0 Å². The molecule has 2 aromatic carbocycles. The summed E-state index contributed by atoms with van der Waals surface area (Å²) in [5, 5.41) is 12.0. The summed E-state index contributed by atoms with van der Waals surface area (Å²) < 4.78 is 19.9. The number of carbonyl (C=O) groups excluding carboxylic acids is 1. The van der Waals surface area contributed by atoms with Gasteiger partial charge in [0.25, 0.3) is 0 Å². The molecular weight excluding hydrogens is 755 g/mol. The smallest absolute Gasteiger partial charge is 0.179 e. The van der Waals surface area contributed by atoms with Gasteiger partial charge in [0.15, 0.2) is 5.82 Å². The van der Waals surface area contributed by atoms with E-state index in [2.05, 4.69) is 76.0 Å². The number of aryl methyl sites for hydroxylation is 5. The van der Waals surface area contributed by atoms with Crippen LogP contribution in [0.4, 0.5) is 5.82 Å². The van der Waals surface area contributed by atoms with Crippen LogP contribution in [0.3, 0.4) is 0 Å². The molecule has 5 aromatic heterocycles. The minimum atomic E-state index is 0.409. The summed E-state index contributed by atoms with van der Waals surface area (Å²) in [6.07, 6.45) is 12.1. The highest BCUT2D eigenvalue weighted by Crippen LogP contribution is 2.39. The molecule has 0 saturated carbocycles. The Morgan fingerprint density at radius 3 is 2.33 bits per heavy atom. The van der Waals surface area contributed by atoms with E-state index in [1.165, 1.54) is 0 Å². The zero-order valence-electron chi connectivity index (χ0n) is 35.6. The third kappa shape index (κ3) is 8.02. The first-order valence-electron chi connectivity index (χ1n) is 20.4. The summed E-state index contributed by atoms with van der Waals surface area (Å²) in [5.74, 6) is 1.86. The van der Waals surface area contributed by atoms with E-state index in [0.717, 1.165) is 85.0 Å².